The fourth-order valence-corrected chi connectivity index (χ4v) is 1.94. The summed E-state index contributed by atoms with van der Waals surface area (Å²) in [5, 5.41) is 13.8. The number of nitro benzene ring substituents is 1. The standard InChI is InChI=1S/C15H15N3O3/c1-10(9-19)14-7-6-11(2)16-15(14)17-12-4-3-5-13(8-12)18(20)21/h3-10H,1-2H3,(H,16,17). The molecular formula is C15H15N3O3. The van der Waals surface area contributed by atoms with Gasteiger partial charge in [-0.15, -0.1) is 0 Å². The van der Waals surface area contributed by atoms with Gasteiger partial charge in [0.15, 0.2) is 0 Å². The molecule has 21 heavy (non-hydrogen) atoms. The molecule has 0 fully saturated rings. The van der Waals surface area contributed by atoms with Crippen molar-refractivity contribution in [2.75, 3.05) is 5.32 Å². The van der Waals surface area contributed by atoms with Crippen molar-refractivity contribution in [2.45, 2.75) is 19.8 Å². The maximum Gasteiger partial charge on any atom is 0.271 e. The molecule has 1 unspecified atom stereocenters. The van der Waals surface area contributed by atoms with E-state index in [4.69, 9.17) is 0 Å². The van der Waals surface area contributed by atoms with Gasteiger partial charge in [-0.3, -0.25) is 10.1 Å². The summed E-state index contributed by atoms with van der Waals surface area (Å²) in [4.78, 5) is 25.7. The summed E-state index contributed by atoms with van der Waals surface area (Å²) >= 11 is 0. The van der Waals surface area contributed by atoms with E-state index < -0.39 is 4.92 Å². The van der Waals surface area contributed by atoms with Crippen LogP contribution in [0.15, 0.2) is 36.4 Å². The fourth-order valence-electron chi connectivity index (χ4n) is 1.94. The van der Waals surface area contributed by atoms with Crippen LogP contribution in [0.3, 0.4) is 0 Å². The van der Waals surface area contributed by atoms with E-state index in [-0.39, 0.29) is 11.6 Å². The average Bonchev–Trinajstić information content (AvgIpc) is 2.47. The highest BCUT2D eigenvalue weighted by molar-refractivity contribution is 5.69. The SMILES string of the molecule is Cc1ccc(C(C)C=O)c(Nc2cccc([N+](=O)[O-])c2)n1. The fraction of sp³-hybridized carbons (Fsp3) is 0.200. The van der Waals surface area contributed by atoms with E-state index in [0.29, 0.717) is 11.5 Å². The van der Waals surface area contributed by atoms with Crippen molar-refractivity contribution in [3.8, 4) is 0 Å². The maximum atomic E-state index is 11.0. The summed E-state index contributed by atoms with van der Waals surface area (Å²) < 4.78 is 0. The lowest BCUT2D eigenvalue weighted by molar-refractivity contribution is -0.384. The number of carbonyl (C=O) groups is 1. The van der Waals surface area contributed by atoms with Crippen molar-refractivity contribution < 1.29 is 9.72 Å². The Balaban J connectivity index is 2.38. The van der Waals surface area contributed by atoms with Gasteiger partial charge < -0.3 is 10.1 Å². The molecule has 2 aromatic rings. The lowest BCUT2D eigenvalue weighted by Gasteiger charge is -2.13. The van der Waals surface area contributed by atoms with E-state index >= 15 is 0 Å². The predicted octanol–water partition coefficient (Wildman–Crippen LogP) is 3.34. The van der Waals surface area contributed by atoms with Gasteiger partial charge in [0, 0.05) is 35.0 Å². The number of nitrogens with one attached hydrogen (secondary N) is 1. The van der Waals surface area contributed by atoms with Crippen molar-refractivity contribution in [2.24, 2.45) is 0 Å². The number of pyridine rings is 1. The molecule has 6 heteroatoms. The molecule has 0 saturated carbocycles. The Morgan fingerprint density at radius 2 is 2.10 bits per heavy atom. The van der Waals surface area contributed by atoms with Crippen LogP contribution in [0.25, 0.3) is 0 Å². The van der Waals surface area contributed by atoms with Gasteiger partial charge in [-0.1, -0.05) is 19.1 Å². The predicted molar refractivity (Wildman–Crippen MR) is 79.8 cm³/mol. The number of aromatic nitrogens is 1. The number of aldehydes is 1. The number of rotatable bonds is 5. The van der Waals surface area contributed by atoms with Gasteiger partial charge >= 0.3 is 0 Å². The Bertz CT molecular complexity index is 686. The zero-order chi connectivity index (χ0) is 15.4. The molecule has 0 amide bonds. The van der Waals surface area contributed by atoms with E-state index in [1.165, 1.54) is 12.1 Å². The van der Waals surface area contributed by atoms with Crippen LogP contribution < -0.4 is 5.32 Å². The zero-order valence-electron chi connectivity index (χ0n) is 11.7. The van der Waals surface area contributed by atoms with Crippen LogP contribution in [-0.2, 0) is 4.79 Å². The molecule has 0 saturated heterocycles. The molecule has 2 rings (SSSR count). The molecule has 0 spiro atoms. The second-order valence-corrected chi connectivity index (χ2v) is 4.75. The summed E-state index contributed by atoms with van der Waals surface area (Å²) in [5.74, 6) is 0.231. The van der Waals surface area contributed by atoms with Crippen LogP contribution in [0.2, 0.25) is 0 Å². The van der Waals surface area contributed by atoms with Gasteiger partial charge in [0.05, 0.1) is 4.92 Å². The number of aryl methyl sites for hydroxylation is 1. The largest absolute Gasteiger partial charge is 0.340 e. The van der Waals surface area contributed by atoms with E-state index in [1.807, 2.05) is 19.1 Å². The summed E-state index contributed by atoms with van der Waals surface area (Å²) in [6.45, 7) is 3.62. The van der Waals surface area contributed by atoms with Crippen molar-refractivity contribution in [1.82, 2.24) is 4.98 Å². The number of nitro groups is 1. The minimum absolute atomic E-state index is 0.00219. The Labute approximate surface area is 122 Å². The van der Waals surface area contributed by atoms with Crippen molar-refractivity contribution in [1.29, 1.82) is 0 Å². The number of benzene rings is 1. The maximum absolute atomic E-state index is 11.0. The molecule has 1 N–H and O–H groups in total. The average molecular weight is 285 g/mol. The molecule has 0 aliphatic rings. The van der Waals surface area contributed by atoms with Crippen LogP contribution in [0, 0.1) is 17.0 Å². The second kappa shape index (κ2) is 6.13. The number of non-ortho nitro benzene ring substituents is 1. The third-order valence-electron chi connectivity index (χ3n) is 3.08. The van der Waals surface area contributed by atoms with Gasteiger partial charge in [-0.05, 0) is 19.1 Å². The van der Waals surface area contributed by atoms with E-state index in [0.717, 1.165) is 17.5 Å². The number of hydrogen-bond donors (Lipinski definition) is 1. The monoisotopic (exact) mass is 285 g/mol. The summed E-state index contributed by atoms with van der Waals surface area (Å²) in [7, 11) is 0. The van der Waals surface area contributed by atoms with Crippen LogP contribution in [0.5, 0.6) is 0 Å². The molecule has 1 atom stereocenters. The molecule has 0 aliphatic carbocycles. The number of carbonyl (C=O) groups excluding carboxylic acids is 1. The first kappa shape index (κ1) is 14.6. The van der Waals surface area contributed by atoms with Crippen LogP contribution in [0.4, 0.5) is 17.2 Å². The highest BCUT2D eigenvalue weighted by atomic mass is 16.6. The third kappa shape index (κ3) is 3.42. The van der Waals surface area contributed by atoms with E-state index in [9.17, 15) is 14.9 Å². The van der Waals surface area contributed by atoms with Crippen LogP contribution in [-0.4, -0.2) is 16.2 Å². The lowest BCUT2D eigenvalue weighted by atomic mass is 10.0. The van der Waals surface area contributed by atoms with E-state index in [2.05, 4.69) is 10.3 Å². The number of hydrogen-bond acceptors (Lipinski definition) is 5. The molecule has 1 aromatic carbocycles. The van der Waals surface area contributed by atoms with Crippen molar-refractivity contribution in [3.05, 3.63) is 57.8 Å². The van der Waals surface area contributed by atoms with Gasteiger partial charge in [-0.2, -0.15) is 0 Å². The highest BCUT2D eigenvalue weighted by Gasteiger charge is 2.13. The van der Waals surface area contributed by atoms with Gasteiger partial charge in [-0.25, -0.2) is 4.98 Å². The van der Waals surface area contributed by atoms with Crippen LogP contribution in [0.1, 0.15) is 24.1 Å². The van der Waals surface area contributed by atoms with Crippen molar-refractivity contribution in [3.63, 3.8) is 0 Å². The molecule has 1 heterocycles. The van der Waals surface area contributed by atoms with Crippen molar-refractivity contribution >= 4 is 23.5 Å². The van der Waals surface area contributed by atoms with Gasteiger partial charge in [0.1, 0.15) is 12.1 Å². The first-order valence-corrected chi connectivity index (χ1v) is 6.45. The summed E-state index contributed by atoms with van der Waals surface area (Å²) in [5.41, 5.74) is 2.10. The number of nitrogens with zero attached hydrogens (tertiary/aromatic N) is 2. The molecule has 1 aromatic heterocycles. The Morgan fingerprint density at radius 3 is 2.76 bits per heavy atom. The van der Waals surface area contributed by atoms with Crippen LogP contribution >= 0.6 is 0 Å². The smallest absolute Gasteiger partial charge is 0.271 e. The topological polar surface area (TPSA) is 85.1 Å². The quantitative estimate of drug-likeness (QED) is 0.517. The molecule has 6 nitrogen and oxygen atoms in total. The normalized spacial score (nSPS) is 11.7. The molecular weight excluding hydrogens is 270 g/mol. The van der Waals surface area contributed by atoms with Gasteiger partial charge in [0.25, 0.3) is 5.69 Å². The van der Waals surface area contributed by atoms with Gasteiger partial charge in [0.2, 0.25) is 0 Å². The minimum atomic E-state index is -0.455. The Hall–Kier alpha value is -2.76. The zero-order valence-corrected chi connectivity index (χ0v) is 11.7. The van der Waals surface area contributed by atoms with E-state index in [1.54, 1.807) is 19.1 Å². The Morgan fingerprint density at radius 1 is 1.33 bits per heavy atom. The number of anilines is 2. The molecule has 0 aliphatic heterocycles. The highest BCUT2D eigenvalue weighted by Crippen LogP contribution is 2.26. The lowest BCUT2D eigenvalue weighted by Crippen LogP contribution is -2.04. The molecule has 108 valence electrons. The molecule has 0 radical (unpaired) electrons. The molecule has 0 bridgehead atoms. The first-order valence-electron chi connectivity index (χ1n) is 6.45. The first-order chi connectivity index (χ1) is 10.0. The third-order valence-corrected chi connectivity index (χ3v) is 3.08. The second-order valence-electron chi connectivity index (χ2n) is 4.75. The minimum Gasteiger partial charge on any atom is -0.340 e. The Kier molecular flexibility index (Phi) is 4.27. The summed E-state index contributed by atoms with van der Waals surface area (Å²) in [6.07, 6.45) is 0.838. The summed E-state index contributed by atoms with van der Waals surface area (Å²) in [6, 6.07) is 9.82.